The molecular weight excluding hydrogens is 420 g/mol. The van der Waals surface area contributed by atoms with E-state index < -0.39 is 5.97 Å². The van der Waals surface area contributed by atoms with E-state index in [9.17, 15) is 15.0 Å². The monoisotopic (exact) mass is 442 g/mol. The third kappa shape index (κ3) is 4.65. The fourth-order valence-electron chi connectivity index (χ4n) is 3.91. The predicted octanol–water partition coefficient (Wildman–Crippen LogP) is 4.04. The minimum absolute atomic E-state index is 0.00723. The maximum atomic E-state index is 11.4. The van der Waals surface area contributed by atoms with Crippen LogP contribution in [0.15, 0.2) is 36.7 Å². The number of carboxylic acids is 1. The van der Waals surface area contributed by atoms with Crippen molar-refractivity contribution in [2.75, 3.05) is 25.5 Å². The molecule has 4 rings (SSSR count). The number of hydrogen-bond acceptors (Lipinski definition) is 7. The molecule has 2 heterocycles. The number of aromatic nitrogens is 2. The van der Waals surface area contributed by atoms with Crippen LogP contribution in [0.1, 0.15) is 18.4 Å². The largest absolute Gasteiger partial charge is 0.504 e. The average Bonchev–Trinajstić information content (AvgIpc) is 2.76. The molecule has 1 saturated heterocycles. The van der Waals surface area contributed by atoms with Crippen molar-refractivity contribution in [1.29, 1.82) is 0 Å². The van der Waals surface area contributed by atoms with Crippen LogP contribution in [0.2, 0.25) is 5.02 Å². The molecule has 0 spiro atoms. The van der Waals surface area contributed by atoms with Crippen molar-refractivity contribution in [3.63, 3.8) is 0 Å². The minimum atomic E-state index is -0.748. The quantitative estimate of drug-likeness (QED) is 0.525. The fourth-order valence-corrected chi connectivity index (χ4v) is 4.08. The molecule has 1 unspecified atom stereocenters. The first kappa shape index (κ1) is 21.1. The number of anilines is 2. The molecule has 0 radical (unpaired) electrons. The lowest BCUT2D eigenvalue weighted by molar-refractivity contribution is -0.143. The maximum Gasteiger partial charge on any atom is 0.307 e. The molecule has 9 heteroatoms. The summed E-state index contributed by atoms with van der Waals surface area (Å²) >= 11 is 6.25. The summed E-state index contributed by atoms with van der Waals surface area (Å²) in [6.45, 7) is 1.95. The van der Waals surface area contributed by atoms with Crippen molar-refractivity contribution in [2.24, 2.45) is 5.92 Å². The normalized spacial score (nSPS) is 16.9. The molecule has 1 aliphatic rings. The second-order valence-electron chi connectivity index (χ2n) is 7.60. The standard InChI is InChI=1S/C22H23ClN4O4/c1-31-20-9-18-16(8-19(20)28)21(25-12-24-18)26-17-7-15(23)5-4-13(17)10-27-6-2-3-14(11-27)22(29)30/h4-5,7-9,12,14,28H,2-3,6,10-11H2,1H3,(H,29,30)(H,24,25,26). The lowest BCUT2D eigenvalue weighted by Crippen LogP contribution is -2.38. The van der Waals surface area contributed by atoms with Gasteiger partial charge in [0.15, 0.2) is 11.5 Å². The number of fused-ring (bicyclic) bond motifs is 1. The average molecular weight is 443 g/mol. The highest BCUT2D eigenvalue weighted by Crippen LogP contribution is 2.35. The number of carbonyl (C=O) groups is 1. The van der Waals surface area contributed by atoms with Gasteiger partial charge in [0.05, 0.1) is 18.5 Å². The number of benzene rings is 2. The molecule has 0 aliphatic carbocycles. The van der Waals surface area contributed by atoms with Crippen molar-refractivity contribution in [1.82, 2.24) is 14.9 Å². The number of methoxy groups -OCH3 is 1. The van der Waals surface area contributed by atoms with E-state index in [1.54, 1.807) is 12.1 Å². The second kappa shape index (κ2) is 8.95. The summed E-state index contributed by atoms with van der Waals surface area (Å²) < 4.78 is 5.16. The van der Waals surface area contributed by atoms with Crippen LogP contribution in [0, 0.1) is 5.92 Å². The summed E-state index contributed by atoms with van der Waals surface area (Å²) in [4.78, 5) is 22.1. The van der Waals surface area contributed by atoms with E-state index in [1.165, 1.54) is 13.4 Å². The lowest BCUT2D eigenvalue weighted by Gasteiger charge is -2.31. The molecular formula is C22H23ClN4O4. The van der Waals surface area contributed by atoms with Crippen molar-refractivity contribution in [3.05, 3.63) is 47.2 Å². The molecule has 0 bridgehead atoms. The van der Waals surface area contributed by atoms with E-state index in [1.807, 2.05) is 18.2 Å². The Morgan fingerprint density at radius 2 is 2.16 bits per heavy atom. The SMILES string of the molecule is COc1cc2ncnc(Nc3cc(Cl)ccc3CN3CCCC(C(=O)O)C3)c2cc1O. The number of hydrogen-bond donors (Lipinski definition) is 3. The van der Waals surface area contributed by atoms with Gasteiger partial charge in [-0.2, -0.15) is 0 Å². The van der Waals surface area contributed by atoms with Crippen LogP contribution in [0.25, 0.3) is 10.9 Å². The van der Waals surface area contributed by atoms with Gasteiger partial charge in [0.1, 0.15) is 12.1 Å². The zero-order valence-corrected chi connectivity index (χ0v) is 17.8. The Kier molecular flexibility index (Phi) is 6.11. The Morgan fingerprint density at radius 1 is 1.32 bits per heavy atom. The number of nitrogens with zero attached hydrogens (tertiary/aromatic N) is 3. The topological polar surface area (TPSA) is 108 Å². The minimum Gasteiger partial charge on any atom is -0.504 e. The molecule has 3 aromatic rings. The second-order valence-corrected chi connectivity index (χ2v) is 8.04. The van der Waals surface area contributed by atoms with Crippen molar-refractivity contribution >= 4 is 40.0 Å². The highest BCUT2D eigenvalue weighted by atomic mass is 35.5. The number of aromatic hydroxyl groups is 1. The van der Waals surface area contributed by atoms with Crippen LogP contribution < -0.4 is 10.1 Å². The van der Waals surface area contributed by atoms with E-state index in [4.69, 9.17) is 16.3 Å². The van der Waals surface area contributed by atoms with Crippen molar-refractivity contribution in [2.45, 2.75) is 19.4 Å². The van der Waals surface area contributed by atoms with Crippen LogP contribution in [0.4, 0.5) is 11.5 Å². The number of phenols is 1. The van der Waals surface area contributed by atoms with E-state index in [2.05, 4.69) is 20.2 Å². The van der Waals surface area contributed by atoms with E-state index in [0.717, 1.165) is 24.2 Å². The van der Waals surface area contributed by atoms with Gasteiger partial charge >= 0.3 is 5.97 Å². The number of nitrogens with one attached hydrogen (secondary N) is 1. The van der Waals surface area contributed by atoms with Gasteiger partial charge < -0.3 is 20.3 Å². The Bertz CT molecular complexity index is 1120. The third-order valence-electron chi connectivity index (χ3n) is 5.51. The first-order chi connectivity index (χ1) is 14.9. The number of rotatable bonds is 6. The summed E-state index contributed by atoms with van der Waals surface area (Å²) in [5, 5.41) is 24.1. The maximum absolute atomic E-state index is 11.4. The van der Waals surface area contributed by atoms with Gasteiger partial charge in [0.25, 0.3) is 0 Å². The summed E-state index contributed by atoms with van der Waals surface area (Å²) in [7, 11) is 1.48. The van der Waals surface area contributed by atoms with Crippen LogP contribution in [0.3, 0.4) is 0 Å². The number of carboxylic acid groups (broad SMARTS) is 1. The highest BCUT2D eigenvalue weighted by molar-refractivity contribution is 6.30. The molecule has 31 heavy (non-hydrogen) atoms. The van der Waals surface area contributed by atoms with Crippen molar-refractivity contribution < 1.29 is 19.7 Å². The van der Waals surface area contributed by atoms with E-state index in [0.29, 0.717) is 47.0 Å². The summed E-state index contributed by atoms with van der Waals surface area (Å²) in [5.41, 5.74) is 2.36. The fraction of sp³-hybridized carbons (Fsp3) is 0.318. The van der Waals surface area contributed by atoms with Gasteiger partial charge in [-0.25, -0.2) is 9.97 Å². The molecule has 0 amide bonds. The van der Waals surface area contributed by atoms with Gasteiger partial charge in [0, 0.05) is 35.3 Å². The summed E-state index contributed by atoms with van der Waals surface area (Å²) in [6.07, 6.45) is 3.00. The molecule has 1 atom stereocenters. The third-order valence-corrected chi connectivity index (χ3v) is 5.74. The molecule has 162 valence electrons. The van der Waals surface area contributed by atoms with Gasteiger partial charge in [-0.15, -0.1) is 0 Å². The molecule has 0 saturated carbocycles. The summed E-state index contributed by atoms with van der Waals surface area (Å²) in [5.74, 6) is -0.248. The number of ether oxygens (including phenoxy) is 1. The number of aliphatic carboxylic acids is 1. The summed E-state index contributed by atoms with van der Waals surface area (Å²) in [6, 6.07) is 8.76. The van der Waals surface area contributed by atoms with Crippen LogP contribution >= 0.6 is 11.6 Å². The number of piperidine rings is 1. The predicted molar refractivity (Wildman–Crippen MR) is 118 cm³/mol. The molecule has 1 aliphatic heterocycles. The highest BCUT2D eigenvalue weighted by Gasteiger charge is 2.25. The Balaban J connectivity index is 1.64. The van der Waals surface area contributed by atoms with E-state index in [-0.39, 0.29) is 11.7 Å². The number of likely N-dealkylation sites (tertiary alicyclic amines) is 1. The smallest absolute Gasteiger partial charge is 0.307 e. The Morgan fingerprint density at radius 3 is 2.94 bits per heavy atom. The number of halogens is 1. The van der Waals surface area contributed by atoms with Gasteiger partial charge in [-0.1, -0.05) is 17.7 Å². The first-order valence-corrected chi connectivity index (χ1v) is 10.3. The molecule has 8 nitrogen and oxygen atoms in total. The lowest BCUT2D eigenvalue weighted by atomic mass is 9.97. The molecule has 3 N–H and O–H groups in total. The van der Waals surface area contributed by atoms with Gasteiger partial charge in [-0.3, -0.25) is 9.69 Å². The van der Waals surface area contributed by atoms with E-state index >= 15 is 0 Å². The zero-order valence-electron chi connectivity index (χ0n) is 17.0. The van der Waals surface area contributed by atoms with Crippen molar-refractivity contribution in [3.8, 4) is 11.5 Å². The Hall–Kier alpha value is -3.10. The molecule has 1 aromatic heterocycles. The molecule has 1 fully saturated rings. The van der Waals surface area contributed by atoms with Crippen LogP contribution in [-0.2, 0) is 11.3 Å². The van der Waals surface area contributed by atoms with Crippen LogP contribution in [-0.4, -0.2) is 51.2 Å². The first-order valence-electron chi connectivity index (χ1n) is 9.97. The van der Waals surface area contributed by atoms with Gasteiger partial charge in [0.2, 0.25) is 0 Å². The Labute approximate surface area is 184 Å². The van der Waals surface area contributed by atoms with Crippen LogP contribution in [0.5, 0.6) is 11.5 Å². The van der Waals surface area contributed by atoms with Gasteiger partial charge in [-0.05, 0) is 43.1 Å². The molecule has 2 aromatic carbocycles. The number of phenolic OH excluding ortho intramolecular Hbond substituents is 1. The zero-order chi connectivity index (χ0) is 22.0.